The van der Waals surface area contributed by atoms with Crippen LogP contribution in [0.2, 0.25) is 0 Å². The molecule has 1 saturated heterocycles. The van der Waals surface area contributed by atoms with Gasteiger partial charge in [0.25, 0.3) is 5.91 Å². The fourth-order valence-corrected chi connectivity index (χ4v) is 2.74. The average molecular weight is 254 g/mol. The third-order valence-corrected chi connectivity index (χ3v) is 3.91. The van der Waals surface area contributed by atoms with Crippen molar-refractivity contribution in [1.82, 2.24) is 9.88 Å². The molecule has 0 N–H and O–H groups in total. The molecule has 5 heteroatoms. The van der Waals surface area contributed by atoms with Crippen LogP contribution in [-0.4, -0.2) is 41.1 Å². The van der Waals surface area contributed by atoms with Crippen molar-refractivity contribution in [2.45, 2.75) is 32.8 Å². The Bertz CT molecular complexity index is 414. The predicted octanol–water partition coefficient (Wildman–Crippen LogP) is 1.96. The standard InChI is InChI=1S/C12H18N2O2S/c1-4-10-13-7-9(17-10)11(15)14-5-6-16-12(2,3)8-14/h7H,4-6,8H2,1-3H3. The average Bonchev–Trinajstić information content (AvgIpc) is 2.75. The molecular weight excluding hydrogens is 236 g/mol. The number of hydrogen-bond acceptors (Lipinski definition) is 4. The quantitative estimate of drug-likeness (QED) is 0.810. The maximum Gasteiger partial charge on any atom is 0.265 e. The molecular formula is C12H18N2O2S. The number of carbonyl (C=O) groups is 1. The molecule has 0 spiro atoms. The van der Waals surface area contributed by atoms with Crippen LogP contribution in [0.4, 0.5) is 0 Å². The van der Waals surface area contributed by atoms with E-state index in [4.69, 9.17) is 4.74 Å². The van der Waals surface area contributed by atoms with Gasteiger partial charge in [0.15, 0.2) is 0 Å². The van der Waals surface area contributed by atoms with E-state index in [9.17, 15) is 4.79 Å². The van der Waals surface area contributed by atoms with E-state index in [2.05, 4.69) is 4.98 Å². The molecule has 1 aromatic rings. The maximum atomic E-state index is 12.3. The highest BCUT2D eigenvalue weighted by atomic mass is 32.1. The summed E-state index contributed by atoms with van der Waals surface area (Å²) in [7, 11) is 0. The Hall–Kier alpha value is -0.940. The van der Waals surface area contributed by atoms with Gasteiger partial charge in [-0.15, -0.1) is 11.3 Å². The molecule has 1 aromatic heterocycles. The minimum atomic E-state index is -0.244. The van der Waals surface area contributed by atoms with Crippen LogP contribution in [0.3, 0.4) is 0 Å². The zero-order valence-electron chi connectivity index (χ0n) is 10.5. The van der Waals surface area contributed by atoms with E-state index in [1.54, 1.807) is 6.20 Å². The third-order valence-electron chi connectivity index (χ3n) is 2.78. The highest BCUT2D eigenvalue weighted by Crippen LogP contribution is 2.21. The first kappa shape index (κ1) is 12.5. The topological polar surface area (TPSA) is 42.4 Å². The van der Waals surface area contributed by atoms with E-state index in [1.165, 1.54) is 11.3 Å². The summed E-state index contributed by atoms with van der Waals surface area (Å²) in [6.07, 6.45) is 2.57. The van der Waals surface area contributed by atoms with Crippen molar-refractivity contribution in [3.8, 4) is 0 Å². The Morgan fingerprint density at radius 2 is 2.41 bits per heavy atom. The summed E-state index contributed by atoms with van der Waals surface area (Å²) in [5.41, 5.74) is -0.244. The van der Waals surface area contributed by atoms with Gasteiger partial charge >= 0.3 is 0 Å². The van der Waals surface area contributed by atoms with Gasteiger partial charge in [0.05, 0.1) is 23.4 Å². The molecule has 0 saturated carbocycles. The van der Waals surface area contributed by atoms with Crippen LogP contribution in [0.1, 0.15) is 35.5 Å². The van der Waals surface area contributed by atoms with Crippen molar-refractivity contribution < 1.29 is 9.53 Å². The minimum Gasteiger partial charge on any atom is -0.372 e. The van der Waals surface area contributed by atoms with E-state index >= 15 is 0 Å². The molecule has 0 bridgehead atoms. The van der Waals surface area contributed by atoms with Crippen LogP contribution < -0.4 is 0 Å². The number of morpholine rings is 1. The smallest absolute Gasteiger partial charge is 0.265 e. The lowest BCUT2D eigenvalue weighted by Gasteiger charge is -2.37. The summed E-state index contributed by atoms with van der Waals surface area (Å²) in [6, 6.07) is 0. The number of carbonyl (C=O) groups excluding carboxylic acids is 1. The highest BCUT2D eigenvalue weighted by molar-refractivity contribution is 7.13. The van der Waals surface area contributed by atoms with Crippen molar-refractivity contribution in [2.24, 2.45) is 0 Å². The number of ether oxygens (including phenoxy) is 1. The second-order valence-corrected chi connectivity index (χ2v) is 5.92. The van der Waals surface area contributed by atoms with Gasteiger partial charge in [-0.3, -0.25) is 4.79 Å². The van der Waals surface area contributed by atoms with Gasteiger partial charge in [-0.05, 0) is 20.3 Å². The normalized spacial score (nSPS) is 19.4. The van der Waals surface area contributed by atoms with Crippen molar-refractivity contribution in [3.05, 3.63) is 16.1 Å². The van der Waals surface area contributed by atoms with E-state index in [0.717, 1.165) is 16.3 Å². The van der Waals surface area contributed by atoms with Crippen LogP contribution in [0.5, 0.6) is 0 Å². The van der Waals surface area contributed by atoms with Crippen molar-refractivity contribution in [1.29, 1.82) is 0 Å². The fourth-order valence-electron chi connectivity index (χ4n) is 1.92. The maximum absolute atomic E-state index is 12.3. The van der Waals surface area contributed by atoms with Gasteiger partial charge in [0, 0.05) is 13.1 Å². The molecule has 2 heterocycles. The first-order chi connectivity index (χ1) is 8.02. The Labute approximate surface area is 106 Å². The molecule has 1 aliphatic rings. The number of nitrogens with zero attached hydrogens (tertiary/aromatic N) is 2. The molecule has 2 rings (SSSR count). The van der Waals surface area contributed by atoms with Crippen LogP contribution in [0.15, 0.2) is 6.20 Å². The Morgan fingerprint density at radius 1 is 1.65 bits per heavy atom. The largest absolute Gasteiger partial charge is 0.372 e. The number of thiazole rings is 1. The summed E-state index contributed by atoms with van der Waals surface area (Å²) in [5, 5.41) is 1.01. The Morgan fingerprint density at radius 3 is 3.00 bits per heavy atom. The van der Waals surface area contributed by atoms with Gasteiger partial charge in [-0.1, -0.05) is 6.92 Å². The van der Waals surface area contributed by atoms with Crippen LogP contribution in [-0.2, 0) is 11.2 Å². The van der Waals surface area contributed by atoms with Gasteiger partial charge in [-0.25, -0.2) is 4.98 Å². The lowest BCUT2D eigenvalue weighted by Crippen LogP contribution is -2.50. The Balaban J connectivity index is 2.09. The predicted molar refractivity (Wildman–Crippen MR) is 67.4 cm³/mol. The zero-order valence-corrected chi connectivity index (χ0v) is 11.3. The van der Waals surface area contributed by atoms with E-state index in [-0.39, 0.29) is 11.5 Å². The lowest BCUT2D eigenvalue weighted by atomic mass is 10.1. The summed E-state index contributed by atoms with van der Waals surface area (Å²) < 4.78 is 5.60. The number of aryl methyl sites for hydroxylation is 1. The molecule has 17 heavy (non-hydrogen) atoms. The summed E-state index contributed by atoms with van der Waals surface area (Å²) in [4.78, 5) is 19.1. The number of rotatable bonds is 2. The lowest BCUT2D eigenvalue weighted by molar-refractivity contribution is -0.0763. The van der Waals surface area contributed by atoms with E-state index in [1.807, 2.05) is 25.7 Å². The first-order valence-corrected chi connectivity index (χ1v) is 6.71. The molecule has 4 nitrogen and oxygen atoms in total. The molecule has 0 atom stereocenters. The second-order valence-electron chi connectivity index (χ2n) is 4.81. The number of amides is 1. The van der Waals surface area contributed by atoms with Gasteiger partial charge in [-0.2, -0.15) is 0 Å². The second kappa shape index (κ2) is 4.74. The third kappa shape index (κ3) is 2.84. The number of hydrogen-bond donors (Lipinski definition) is 0. The van der Waals surface area contributed by atoms with Gasteiger partial charge < -0.3 is 9.64 Å². The van der Waals surface area contributed by atoms with Gasteiger partial charge in [0.2, 0.25) is 0 Å². The molecule has 1 amide bonds. The Kier molecular flexibility index (Phi) is 3.49. The zero-order chi connectivity index (χ0) is 12.5. The monoisotopic (exact) mass is 254 g/mol. The molecule has 94 valence electrons. The number of aromatic nitrogens is 1. The molecule has 0 unspecified atom stereocenters. The summed E-state index contributed by atoms with van der Waals surface area (Å²) >= 11 is 1.49. The summed E-state index contributed by atoms with van der Waals surface area (Å²) in [6.45, 7) is 7.99. The first-order valence-electron chi connectivity index (χ1n) is 5.90. The molecule has 1 fully saturated rings. The molecule has 0 aromatic carbocycles. The SMILES string of the molecule is CCc1ncc(C(=O)N2CCOC(C)(C)C2)s1. The van der Waals surface area contributed by atoms with E-state index < -0.39 is 0 Å². The highest BCUT2D eigenvalue weighted by Gasteiger charge is 2.31. The van der Waals surface area contributed by atoms with Crippen molar-refractivity contribution in [3.63, 3.8) is 0 Å². The minimum absolute atomic E-state index is 0.0820. The summed E-state index contributed by atoms with van der Waals surface area (Å²) in [5.74, 6) is 0.0820. The van der Waals surface area contributed by atoms with Crippen molar-refractivity contribution in [2.75, 3.05) is 19.7 Å². The van der Waals surface area contributed by atoms with Crippen LogP contribution in [0, 0.1) is 0 Å². The fraction of sp³-hybridized carbons (Fsp3) is 0.667. The van der Waals surface area contributed by atoms with Crippen molar-refractivity contribution >= 4 is 17.2 Å². The molecule has 1 aliphatic heterocycles. The van der Waals surface area contributed by atoms with Gasteiger partial charge in [0.1, 0.15) is 4.88 Å². The molecule has 0 radical (unpaired) electrons. The van der Waals surface area contributed by atoms with Crippen LogP contribution in [0.25, 0.3) is 0 Å². The van der Waals surface area contributed by atoms with E-state index in [0.29, 0.717) is 19.7 Å². The van der Waals surface area contributed by atoms with Crippen LogP contribution >= 0.6 is 11.3 Å². The molecule has 0 aliphatic carbocycles.